The molecular formula is C24H21N3O5S. The minimum absolute atomic E-state index is 0.128. The molecule has 0 fully saturated rings. The van der Waals surface area contributed by atoms with Crippen molar-refractivity contribution in [3.63, 3.8) is 0 Å². The highest BCUT2D eigenvalue weighted by molar-refractivity contribution is 7.80. The van der Waals surface area contributed by atoms with E-state index < -0.39 is 5.91 Å². The van der Waals surface area contributed by atoms with Crippen molar-refractivity contribution in [1.29, 1.82) is 0 Å². The Bertz CT molecular complexity index is 1280. The maximum atomic E-state index is 12.8. The average molecular weight is 464 g/mol. The molecule has 33 heavy (non-hydrogen) atoms. The van der Waals surface area contributed by atoms with E-state index in [1.165, 1.54) is 21.3 Å². The van der Waals surface area contributed by atoms with Crippen molar-refractivity contribution in [3.8, 4) is 28.7 Å². The molecule has 0 radical (unpaired) electrons. The summed E-state index contributed by atoms with van der Waals surface area (Å²) in [5.74, 6) is 1.20. The second-order valence-corrected chi connectivity index (χ2v) is 7.30. The van der Waals surface area contributed by atoms with Gasteiger partial charge in [0.1, 0.15) is 5.52 Å². The fourth-order valence-corrected chi connectivity index (χ4v) is 3.49. The zero-order chi connectivity index (χ0) is 23.4. The van der Waals surface area contributed by atoms with Crippen molar-refractivity contribution in [2.75, 3.05) is 26.6 Å². The van der Waals surface area contributed by atoms with Gasteiger partial charge in [0.25, 0.3) is 5.91 Å². The monoisotopic (exact) mass is 463 g/mol. The Morgan fingerprint density at radius 3 is 2.33 bits per heavy atom. The Kier molecular flexibility index (Phi) is 6.41. The van der Waals surface area contributed by atoms with E-state index >= 15 is 0 Å². The van der Waals surface area contributed by atoms with Crippen LogP contribution in [0.1, 0.15) is 10.4 Å². The summed E-state index contributed by atoms with van der Waals surface area (Å²) in [5, 5.41) is 5.79. The van der Waals surface area contributed by atoms with Gasteiger partial charge < -0.3 is 23.9 Å². The van der Waals surface area contributed by atoms with Gasteiger partial charge in [0.05, 0.1) is 21.3 Å². The Hall–Kier alpha value is -4.11. The summed E-state index contributed by atoms with van der Waals surface area (Å²) in [6.45, 7) is 0. The molecule has 1 amide bonds. The number of fused-ring (bicyclic) bond motifs is 1. The van der Waals surface area contributed by atoms with Crippen LogP contribution in [0.5, 0.6) is 17.2 Å². The Morgan fingerprint density at radius 1 is 0.939 bits per heavy atom. The minimum Gasteiger partial charge on any atom is -0.493 e. The third-order valence-corrected chi connectivity index (χ3v) is 5.02. The first-order valence-electron chi connectivity index (χ1n) is 9.90. The first-order valence-corrected chi connectivity index (χ1v) is 10.3. The largest absolute Gasteiger partial charge is 0.493 e. The van der Waals surface area contributed by atoms with Crippen LogP contribution in [-0.4, -0.2) is 37.3 Å². The van der Waals surface area contributed by atoms with Crippen LogP contribution in [0.3, 0.4) is 0 Å². The molecule has 0 saturated heterocycles. The van der Waals surface area contributed by atoms with Gasteiger partial charge in [-0.3, -0.25) is 10.1 Å². The highest BCUT2D eigenvalue weighted by Gasteiger charge is 2.18. The molecule has 0 aliphatic rings. The molecule has 9 heteroatoms. The topological polar surface area (TPSA) is 94.9 Å². The predicted molar refractivity (Wildman–Crippen MR) is 129 cm³/mol. The van der Waals surface area contributed by atoms with Crippen LogP contribution in [0, 0.1) is 0 Å². The first kappa shape index (κ1) is 22.1. The quantitative estimate of drug-likeness (QED) is 0.399. The third kappa shape index (κ3) is 4.73. The number of oxazole rings is 1. The molecular weight excluding hydrogens is 442 g/mol. The van der Waals surface area contributed by atoms with Gasteiger partial charge in [-0.2, -0.15) is 0 Å². The Morgan fingerprint density at radius 2 is 1.67 bits per heavy atom. The number of hydrogen-bond donors (Lipinski definition) is 2. The van der Waals surface area contributed by atoms with Gasteiger partial charge in [0.2, 0.25) is 11.6 Å². The molecule has 0 bridgehead atoms. The van der Waals surface area contributed by atoms with E-state index in [1.54, 1.807) is 12.1 Å². The van der Waals surface area contributed by atoms with Gasteiger partial charge in [-0.05, 0) is 54.7 Å². The lowest BCUT2D eigenvalue weighted by molar-refractivity contribution is 0.0977. The van der Waals surface area contributed by atoms with Gasteiger partial charge >= 0.3 is 0 Å². The van der Waals surface area contributed by atoms with Gasteiger partial charge in [0.15, 0.2) is 22.2 Å². The highest BCUT2D eigenvalue weighted by Crippen LogP contribution is 2.38. The van der Waals surface area contributed by atoms with E-state index in [0.29, 0.717) is 40.0 Å². The molecule has 4 aromatic rings. The lowest BCUT2D eigenvalue weighted by Crippen LogP contribution is -2.34. The lowest BCUT2D eigenvalue weighted by atomic mass is 10.1. The number of aromatic nitrogens is 1. The lowest BCUT2D eigenvalue weighted by Gasteiger charge is -2.14. The van der Waals surface area contributed by atoms with Crippen molar-refractivity contribution >= 4 is 40.0 Å². The number of ether oxygens (including phenoxy) is 3. The number of nitrogens with one attached hydrogen (secondary N) is 2. The zero-order valence-corrected chi connectivity index (χ0v) is 19.0. The van der Waals surface area contributed by atoms with Gasteiger partial charge in [-0.25, -0.2) is 4.98 Å². The van der Waals surface area contributed by atoms with Crippen LogP contribution < -0.4 is 24.8 Å². The fraction of sp³-hybridized carbons (Fsp3) is 0.125. The van der Waals surface area contributed by atoms with Crippen molar-refractivity contribution in [3.05, 3.63) is 66.2 Å². The smallest absolute Gasteiger partial charge is 0.257 e. The summed E-state index contributed by atoms with van der Waals surface area (Å²) in [7, 11) is 4.46. The molecule has 168 valence electrons. The average Bonchev–Trinajstić information content (AvgIpc) is 3.27. The third-order valence-electron chi connectivity index (χ3n) is 4.82. The fourth-order valence-electron chi connectivity index (χ4n) is 3.28. The van der Waals surface area contributed by atoms with Crippen LogP contribution in [0.25, 0.3) is 22.6 Å². The number of benzene rings is 3. The van der Waals surface area contributed by atoms with E-state index in [4.69, 9.17) is 30.8 Å². The van der Waals surface area contributed by atoms with Gasteiger partial charge in [0, 0.05) is 16.8 Å². The molecule has 0 unspecified atom stereocenters. The number of hydrogen-bond acceptors (Lipinski definition) is 7. The number of carbonyl (C=O) groups excluding carboxylic acids is 1. The number of rotatable bonds is 6. The van der Waals surface area contributed by atoms with E-state index in [2.05, 4.69) is 15.6 Å². The van der Waals surface area contributed by atoms with E-state index in [9.17, 15) is 4.79 Å². The standard InChI is InChI=1S/C24H21N3O5S/c1-29-19-12-15(13-20(30-2)21(19)31-3)22(28)27-24(33)25-16-8-6-7-14(11-16)23-26-17-9-4-5-10-18(17)32-23/h4-13H,1-3H3,(H2,25,27,28,33). The normalized spacial score (nSPS) is 10.5. The first-order chi connectivity index (χ1) is 16.0. The van der Waals surface area contributed by atoms with Crippen LogP contribution in [0.15, 0.2) is 65.1 Å². The number of methoxy groups -OCH3 is 3. The molecule has 4 rings (SSSR count). The van der Waals surface area contributed by atoms with Crippen molar-refractivity contribution in [1.82, 2.24) is 10.3 Å². The number of amides is 1. The number of nitrogens with zero attached hydrogens (tertiary/aromatic N) is 1. The molecule has 0 aliphatic carbocycles. The number of para-hydroxylation sites is 2. The summed E-state index contributed by atoms with van der Waals surface area (Å²) in [6, 6.07) is 18.0. The SMILES string of the molecule is COc1cc(C(=O)NC(=S)Nc2cccc(-c3nc4ccccc4o3)c2)cc(OC)c1OC. The van der Waals surface area contributed by atoms with Gasteiger partial charge in [-0.1, -0.05) is 18.2 Å². The second kappa shape index (κ2) is 9.58. The molecule has 8 nitrogen and oxygen atoms in total. The van der Waals surface area contributed by atoms with Crippen molar-refractivity contribution in [2.45, 2.75) is 0 Å². The molecule has 0 saturated carbocycles. The van der Waals surface area contributed by atoms with E-state index in [0.717, 1.165) is 11.1 Å². The van der Waals surface area contributed by atoms with Crippen LogP contribution in [0.4, 0.5) is 5.69 Å². The molecule has 1 aromatic heterocycles. The maximum absolute atomic E-state index is 12.8. The Balaban J connectivity index is 1.49. The summed E-state index contributed by atoms with van der Waals surface area (Å²) >= 11 is 5.33. The number of thiocarbonyl (C=S) groups is 1. The second-order valence-electron chi connectivity index (χ2n) is 6.89. The zero-order valence-electron chi connectivity index (χ0n) is 18.2. The molecule has 3 aromatic carbocycles. The number of anilines is 1. The molecule has 0 aliphatic heterocycles. The Labute approximate surface area is 195 Å². The summed E-state index contributed by atoms with van der Waals surface area (Å²) in [4.78, 5) is 17.3. The molecule has 1 heterocycles. The maximum Gasteiger partial charge on any atom is 0.257 e. The predicted octanol–water partition coefficient (Wildman–Crippen LogP) is 4.65. The highest BCUT2D eigenvalue weighted by atomic mass is 32.1. The summed E-state index contributed by atoms with van der Waals surface area (Å²) in [5.41, 5.74) is 3.23. The molecule has 2 N–H and O–H groups in total. The van der Waals surface area contributed by atoms with E-state index in [1.807, 2.05) is 48.5 Å². The molecule has 0 atom stereocenters. The van der Waals surface area contributed by atoms with Crippen LogP contribution >= 0.6 is 12.2 Å². The van der Waals surface area contributed by atoms with Crippen molar-refractivity contribution < 1.29 is 23.4 Å². The summed E-state index contributed by atoms with van der Waals surface area (Å²) in [6.07, 6.45) is 0. The van der Waals surface area contributed by atoms with Gasteiger partial charge in [-0.15, -0.1) is 0 Å². The number of carbonyl (C=O) groups is 1. The van der Waals surface area contributed by atoms with E-state index in [-0.39, 0.29) is 5.11 Å². The molecule has 0 spiro atoms. The van der Waals surface area contributed by atoms with Crippen LogP contribution in [0.2, 0.25) is 0 Å². The van der Waals surface area contributed by atoms with Crippen molar-refractivity contribution in [2.24, 2.45) is 0 Å². The minimum atomic E-state index is -0.429. The van der Waals surface area contributed by atoms with Crippen LogP contribution in [-0.2, 0) is 0 Å². The summed E-state index contributed by atoms with van der Waals surface area (Å²) < 4.78 is 21.7.